The highest BCUT2D eigenvalue weighted by molar-refractivity contribution is 5.83. The highest BCUT2D eigenvalue weighted by atomic mass is 19.4. The Morgan fingerprint density at radius 1 is 1.11 bits per heavy atom. The topological polar surface area (TPSA) is 84.3 Å². The zero-order valence-electron chi connectivity index (χ0n) is 15.6. The summed E-state index contributed by atoms with van der Waals surface area (Å²) < 4.78 is 52.2. The summed E-state index contributed by atoms with van der Waals surface area (Å²) in [6.45, 7) is 1.89. The maximum Gasteiger partial charge on any atom is 0.419 e. The largest absolute Gasteiger partial charge is 0.419 e. The Bertz CT molecular complexity index is 839. The third-order valence-corrected chi connectivity index (χ3v) is 5.07. The highest BCUT2D eigenvalue weighted by Crippen LogP contribution is 2.36. The predicted molar refractivity (Wildman–Crippen MR) is 100 cm³/mol. The Morgan fingerprint density at radius 3 is 2.18 bits per heavy atom. The van der Waals surface area contributed by atoms with Crippen LogP contribution in [0.15, 0.2) is 18.2 Å². The highest BCUT2D eigenvalue weighted by Gasteiger charge is 2.34. The molecular formula is C18H22F4N6. The Hall–Kier alpha value is -2.62. The first-order valence-corrected chi connectivity index (χ1v) is 8.79. The Balaban J connectivity index is 1.91. The van der Waals surface area contributed by atoms with E-state index in [1.54, 1.807) is 0 Å². The average molecular weight is 398 g/mol. The molecule has 0 radical (unpaired) electrons. The van der Waals surface area contributed by atoms with Crippen molar-refractivity contribution in [2.75, 3.05) is 43.6 Å². The zero-order chi connectivity index (χ0) is 20.6. The number of aromatic nitrogens is 2. The Morgan fingerprint density at radius 2 is 1.68 bits per heavy atom. The zero-order valence-corrected chi connectivity index (χ0v) is 15.6. The van der Waals surface area contributed by atoms with Gasteiger partial charge in [0.05, 0.1) is 11.1 Å². The van der Waals surface area contributed by atoms with Gasteiger partial charge in [0, 0.05) is 13.1 Å². The van der Waals surface area contributed by atoms with Crippen LogP contribution < -0.4 is 16.4 Å². The second-order valence-corrected chi connectivity index (χ2v) is 7.01. The van der Waals surface area contributed by atoms with Gasteiger partial charge in [-0.05, 0) is 50.7 Å². The van der Waals surface area contributed by atoms with Gasteiger partial charge in [-0.2, -0.15) is 23.1 Å². The molecule has 1 aromatic carbocycles. The van der Waals surface area contributed by atoms with Gasteiger partial charge >= 0.3 is 6.18 Å². The normalized spacial score (nSPS) is 16.4. The van der Waals surface area contributed by atoms with Crippen LogP contribution in [-0.4, -0.2) is 48.1 Å². The van der Waals surface area contributed by atoms with E-state index in [2.05, 4.69) is 21.9 Å². The van der Waals surface area contributed by atoms with Crippen LogP contribution in [0.1, 0.15) is 18.4 Å². The quantitative estimate of drug-likeness (QED) is 0.774. The lowest BCUT2D eigenvalue weighted by Gasteiger charge is -2.35. The lowest BCUT2D eigenvalue weighted by molar-refractivity contribution is -0.139. The molecule has 0 spiro atoms. The molecular weight excluding hydrogens is 376 g/mol. The first-order chi connectivity index (χ1) is 13.1. The van der Waals surface area contributed by atoms with Crippen LogP contribution in [0.3, 0.4) is 0 Å². The number of benzene rings is 1. The molecule has 0 amide bonds. The summed E-state index contributed by atoms with van der Waals surface area (Å²) in [5.41, 5.74) is 10.9. The number of nitrogens with zero attached hydrogens (tertiary/aromatic N) is 4. The van der Waals surface area contributed by atoms with Crippen LogP contribution in [0.2, 0.25) is 0 Å². The van der Waals surface area contributed by atoms with Crippen molar-refractivity contribution >= 4 is 17.6 Å². The summed E-state index contributed by atoms with van der Waals surface area (Å²) in [4.78, 5) is 12.7. The molecule has 6 nitrogen and oxygen atoms in total. The lowest BCUT2D eigenvalue weighted by atomic mass is 10.0. The van der Waals surface area contributed by atoms with Crippen LogP contribution >= 0.6 is 0 Å². The molecule has 152 valence electrons. The van der Waals surface area contributed by atoms with Gasteiger partial charge in [-0.3, -0.25) is 0 Å². The van der Waals surface area contributed by atoms with Crippen molar-refractivity contribution in [2.24, 2.45) is 0 Å². The molecule has 0 aliphatic carbocycles. The molecule has 28 heavy (non-hydrogen) atoms. The number of likely N-dealkylation sites (tertiary alicyclic amines) is 1. The molecule has 3 rings (SSSR count). The third-order valence-electron chi connectivity index (χ3n) is 5.07. The van der Waals surface area contributed by atoms with Gasteiger partial charge in [0.15, 0.2) is 0 Å². The number of halogens is 4. The van der Waals surface area contributed by atoms with Crippen molar-refractivity contribution in [1.82, 2.24) is 14.9 Å². The summed E-state index contributed by atoms with van der Waals surface area (Å²) in [5.74, 6) is -1.10. The van der Waals surface area contributed by atoms with Crippen molar-refractivity contribution in [3.63, 3.8) is 0 Å². The molecule has 0 unspecified atom stereocenters. The summed E-state index contributed by atoms with van der Waals surface area (Å²) in [6, 6.07) is 2.73. The second kappa shape index (κ2) is 7.42. The second-order valence-electron chi connectivity index (χ2n) is 7.01. The molecule has 4 N–H and O–H groups in total. The molecule has 1 aliphatic heterocycles. The molecule has 1 fully saturated rings. The van der Waals surface area contributed by atoms with Gasteiger partial charge in [-0.1, -0.05) is 6.07 Å². The standard InChI is InChI=1S/C18H22F4N6/c1-27-7-5-11(6-8-27)28(2)17-25-15(23)14(16(24)26-17)10-3-4-12(13(19)9-10)18(20,21)22/h3-4,9,11H,5-8H2,1-2H3,(H4,23,24,25,26). The van der Waals surface area contributed by atoms with Gasteiger partial charge in [-0.15, -0.1) is 0 Å². The summed E-state index contributed by atoms with van der Waals surface area (Å²) in [6.07, 6.45) is -2.92. The first-order valence-electron chi connectivity index (χ1n) is 8.79. The molecule has 0 bridgehead atoms. The van der Waals surface area contributed by atoms with E-state index in [1.807, 2.05) is 11.9 Å². The number of alkyl halides is 3. The van der Waals surface area contributed by atoms with Crippen molar-refractivity contribution < 1.29 is 17.6 Å². The van der Waals surface area contributed by atoms with Gasteiger partial charge in [-0.25, -0.2) is 4.39 Å². The fraction of sp³-hybridized carbons (Fsp3) is 0.444. The molecule has 10 heteroatoms. The molecule has 0 atom stereocenters. The third kappa shape index (κ3) is 3.96. The number of hydrogen-bond donors (Lipinski definition) is 2. The van der Waals surface area contributed by atoms with Crippen LogP contribution in [-0.2, 0) is 6.18 Å². The van der Waals surface area contributed by atoms with Crippen molar-refractivity contribution in [3.05, 3.63) is 29.6 Å². The maximum absolute atomic E-state index is 13.9. The summed E-state index contributed by atoms with van der Waals surface area (Å²) in [5, 5.41) is 0. The van der Waals surface area contributed by atoms with E-state index in [0.29, 0.717) is 12.0 Å². The van der Waals surface area contributed by atoms with Crippen molar-refractivity contribution in [2.45, 2.75) is 25.1 Å². The predicted octanol–water partition coefficient (Wildman–Crippen LogP) is 3.00. The number of anilines is 3. The first kappa shape index (κ1) is 20.1. The van der Waals surface area contributed by atoms with E-state index >= 15 is 0 Å². The van der Waals surface area contributed by atoms with Gasteiger partial charge < -0.3 is 21.3 Å². The Labute approximate surface area is 160 Å². The summed E-state index contributed by atoms with van der Waals surface area (Å²) in [7, 11) is 3.91. The number of piperidine rings is 1. The fourth-order valence-electron chi connectivity index (χ4n) is 3.38. The monoisotopic (exact) mass is 398 g/mol. The molecule has 1 aromatic heterocycles. The van der Waals surface area contributed by atoms with E-state index in [4.69, 9.17) is 11.5 Å². The number of nitrogen functional groups attached to an aromatic ring is 2. The van der Waals surface area contributed by atoms with Crippen LogP contribution in [0.25, 0.3) is 11.1 Å². The molecule has 0 saturated carbocycles. The number of rotatable bonds is 3. The van der Waals surface area contributed by atoms with E-state index in [-0.39, 0.29) is 28.8 Å². The minimum atomic E-state index is -4.78. The van der Waals surface area contributed by atoms with Crippen molar-refractivity contribution in [3.8, 4) is 11.1 Å². The Kier molecular flexibility index (Phi) is 5.33. The molecule has 2 aromatic rings. The minimum absolute atomic E-state index is 0.0126. The average Bonchev–Trinajstić information content (AvgIpc) is 2.60. The van der Waals surface area contributed by atoms with Crippen LogP contribution in [0.5, 0.6) is 0 Å². The minimum Gasteiger partial charge on any atom is -0.383 e. The van der Waals surface area contributed by atoms with E-state index < -0.39 is 17.6 Å². The summed E-state index contributed by atoms with van der Waals surface area (Å²) >= 11 is 0. The van der Waals surface area contributed by atoms with E-state index in [9.17, 15) is 17.6 Å². The van der Waals surface area contributed by atoms with Crippen molar-refractivity contribution in [1.29, 1.82) is 0 Å². The van der Waals surface area contributed by atoms with Gasteiger partial charge in [0.25, 0.3) is 0 Å². The van der Waals surface area contributed by atoms with Gasteiger partial charge in [0.1, 0.15) is 17.5 Å². The van der Waals surface area contributed by atoms with E-state index in [1.165, 1.54) is 0 Å². The maximum atomic E-state index is 13.9. The van der Waals surface area contributed by atoms with Crippen LogP contribution in [0, 0.1) is 5.82 Å². The SMILES string of the molecule is CN1CCC(N(C)c2nc(N)c(-c3ccc(C(F)(F)F)c(F)c3)c(N)n2)CC1. The molecule has 1 saturated heterocycles. The lowest BCUT2D eigenvalue weighted by Crippen LogP contribution is -2.42. The van der Waals surface area contributed by atoms with Crippen LogP contribution in [0.4, 0.5) is 35.1 Å². The molecule has 2 heterocycles. The fourth-order valence-corrected chi connectivity index (χ4v) is 3.38. The smallest absolute Gasteiger partial charge is 0.383 e. The van der Waals surface area contributed by atoms with E-state index in [0.717, 1.165) is 38.1 Å². The number of hydrogen-bond acceptors (Lipinski definition) is 6. The molecule has 1 aliphatic rings. The number of nitrogens with two attached hydrogens (primary N) is 2. The van der Waals surface area contributed by atoms with Gasteiger partial charge in [0.2, 0.25) is 5.95 Å².